The van der Waals surface area contributed by atoms with Gasteiger partial charge in [-0.15, -0.1) is 0 Å². The Hall–Kier alpha value is -2.07. The zero-order chi connectivity index (χ0) is 19.8. The van der Waals surface area contributed by atoms with Crippen LogP contribution in [0.5, 0.6) is 0 Å². The van der Waals surface area contributed by atoms with Gasteiger partial charge in [-0.1, -0.05) is 30.3 Å². The third kappa shape index (κ3) is 4.36. The van der Waals surface area contributed by atoms with Crippen molar-refractivity contribution in [3.05, 3.63) is 65.2 Å². The zero-order valence-corrected chi connectivity index (χ0v) is 14.1. The Morgan fingerprint density at radius 1 is 0.885 bits per heavy atom. The second-order valence-corrected chi connectivity index (χ2v) is 7.47. The molecule has 0 aliphatic rings. The number of nitrogens with zero attached hydrogens (tertiary/aromatic N) is 1. The van der Waals surface area contributed by atoms with E-state index >= 15 is 0 Å². The summed E-state index contributed by atoms with van der Waals surface area (Å²) in [5.41, 5.74) is -2.32. The lowest BCUT2D eigenvalue weighted by Gasteiger charge is -2.20. The van der Waals surface area contributed by atoms with Crippen molar-refractivity contribution in [2.24, 2.45) is 0 Å². The first-order valence-corrected chi connectivity index (χ1v) is 8.56. The van der Waals surface area contributed by atoms with E-state index in [-0.39, 0.29) is 5.56 Å². The molecule has 0 saturated heterocycles. The maximum atomic E-state index is 13.0. The van der Waals surface area contributed by atoms with Crippen LogP contribution in [0.4, 0.5) is 26.3 Å². The molecule has 0 spiro atoms. The van der Waals surface area contributed by atoms with Gasteiger partial charge in [-0.2, -0.15) is 30.6 Å². The van der Waals surface area contributed by atoms with Gasteiger partial charge < -0.3 is 0 Å². The molecule has 2 aromatic carbocycles. The van der Waals surface area contributed by atoms with Crippen LogP contribution >= 0.6 is 0 Å². The molecular weight excluding hydrogens is 384 g/mol. The fraction of sp³-hybridized carbons (Fsp3) is 0.250. The summed E-state index contributed by atoms with van der Waals surface area (Å²) in [5.74, 6) is 0. The summed E-state index contributed by atoms with van der Waals surface area (Å²) >= 11 is 0. The van der Waals surface area contributed by atoms with E-state index in [2.05, 4.69) is 0 Å². The molecule has 0 N–H and O–H groups in total. The number of sulfonamides is 1. The van der Waals surface area contributed by atoms with E-state index < -0.39 is 44.9 Å². The van der Waals surface area contributed by atoms with E-state index in [0.29, 0.717) is 10.4 Å². The predicted octanol–water partition coefficient (Wildman–Crippen LogP) is 4.54. The summed E-state index contributed by atoms with van der Waals surface area (Å²) in [6.45, 7) is -0.515. The largest absolute Gasteiger partial charge is 0.417 e. The molecule has 142 valence electrons. The number of alkyl halides is 6. The summed E-state index contributed by atoms with van der Waals surface area (Å²) < 4.78 is 103. The lowest BCUT2D eigenvalue weighted by molar-refractivity contribution is -0.140. The molecule has 0 aliphatic heterocycles. The van der Waals surface area contributed by atoms with Gasteiger partial charge in [0.2, 0.25) is 10.0 Å². The van der Waals surface area contributed by atoms with Crippen molar-refractivity contribution in [1.82, 2.24) is 4.31 Å². The quantitative estimate of drug-likeness (QED) is 0.711. The first kappa shape index (κ1) is 20.2. The molecule has 0 amide bonds. The molecule has 0 unspecified atom stereocenters. The topological polar surface area (TPSA) is 37.4 Å². The van der Waals surface area contributed by atoms with E-state index in [1.165, 1.54) is 6.07 Å². The Labute approximate surface area is 145 Å². The standard InChI is InChI=1S/C16H13F6NO2S/c1-23(10-11-5-4-6-12(9-11)15(17,18)19)26(24,25)14-8-3-2-7-13(14)16(20,21)22/h2-9H,10H2,1H3. The summed E-state index contributed by atoms with van der Waals surface area (Å²) in [6.07, 6.45) is -9.50. The minimum atomic E-state index is -4.89. The molecule has 2 aromatic rings. The van der Waals surface area contributed by atoms with Gasteiger partial charge in [0.15, 0.2) is 0 Å². The van der Waals surface area contributed by atoms with Crippen molar-refractivity contribution in [3.63, 3.8) is 0 Å². The lowest BCUT2D eigenvalue weighted by atomic mass is 10.1. The van der Waals surface area contributed by atoms with Crippen LogP contribution in [-0.4, -0.2) is 19.8 Å². The highest BCUT2D eigenvalue weighted by Gasteiger charge is 2.38. The highest BCUT2D eigenvalue weighted by molar-refractivity contribution is 7.89. The minimum absolute atomic E-state index is 0.00427. The molecule has 0 fully saturated rings. The van der Waals surface area contributed by atoms with Crippen molar-refractivity contribution >= 4 is 10.0 Å². The van der Waals surface area contributed by atoms with Crippen molar-refractivity contribution in [3.8, 4) is 0 Å². The first-order valence-electron chi connectivity index (χ1n) is 7.12. The van der Waals surface area contributed by atoms with Gasteiger partial charge in [-0.05, 0) is 23.8 Å². The molecule has 0 atom stereocenters. The molecule has 0 bridgehead atoms. The third-order valence-corrected chi connectivity index (χ3v) is 5.40. The number of halogens is 6. The van der Waals surface area contributed by atoms with Crippen LogP contribution in [0.15, 0.2) is 53.4 Å². The van der Waals surface area contributed by atoms with Gasteiger partial charge in [0.25, 0.3) is 0 Å². The summed E-state index contributed by atoms with van der Waals surface area (Å²) in [6, 6.07) is 7.55. The molecule has 0 saturated carbocycles. The lowest BCUT2D eigenvalue weighted by Crippen LogP contribution is -2.28. The average molecular weight is 397 g/mol. The van der Waals surface area contributed by atoms with Crippen LogP contribution in [0.2, 0.25) is 0 Å². The normalized spacial score (nSPS) is 13.2. The van der Waals surface area contributed by atoms with Gasteiger partial charge in [0.05, 0.1) is 16.0 Å². The minimum Gasteiger partial charge on any atom is -0.207 e. The van der Waals surface area contributed by atoms with Gasteiger partial charge in [-0.3, -0.25) is 0 Å². The Balaban J connectivity index is 2.37. The van der Waals surface area contributed by atoms with E-state index in [9.17, 15) is 34.8 Å². The van der Waals surface area contributed by atoms with Crippen molar-refractivity contribution < 1.29 is 34.8 Å². The third-order valence-electron chi connectivity index (χ3n) is 3.54. The number of rotatable bonds is 4. The van der Waals surface area contributed by atoms with Gasteiger partial charge in [0.1, 0.15) is 0 Å². The SMILES string of the molecule is CN(Cc1cccc(C(F)(F)F)c1)S(=O)(=O)c1ccccc1C(F)(F)F. The zero-order valence-electron chi connectivity index (χ0n) is 13.3. The van der Waals surface area contributed by atoms with Crippen LogP contribution in [0, 0.1) is 0 Å². The van der Waals surface area contributed by atoms with E-state index in [1.807, 2.05) is 0 Å². The van der Waals surface area contributed by atoms with Crippen molar-refractivity contribution in [2.75, 3.05) is 7.05 Å². The molecule has 2 rings (SSSR count). The highest BCUT2D eigenvalue weighted by Crippen LogP contribution is 2.35. The molecule has 0 radical (unpaired) electrons. The fourth-order valence-electron chi connectivity index (χ4n) is 2.28. The maximum absolute atomic E-state index is 13.0. The number of benzene rings is 2. The Kier molecular flexibility index (Phi) is 5.39. The molecule has 0 heterocycles. The van der Waals surface area contributed by atoms with Crippen LogP contribution in [0.3, 0.4) is 0 Å². The second-order valence-electron chi connectivity index (χ2n) is 5.45. The Bertz CT molecular complexity index is 890. The van der Waals surface area contributed by atoms with Crippen LogP contribution < -0.4 is 0 Å². The molecule has 26 heavy (non-hydrogen) atoms. The molecule has 3 nitrogen and oxygen atoms in total. The Morgan fingerprint density at radius 3 is 2.08 bits per heavy atom. The molecule has 0 aliphatic carbocycles. The van der Waals surface area contributed by atoms with Crippen LogP contribution in [0.1, 0.15) is 16.7 Å². The van der Waals surface area contributed by atoms with Crippen LogP contribution in [-0.2, 0) is 28.9 Å². The van der Waals surface area contributed by atoms with Gasteiger partial charge in [0, 0.05) is 13.6 Å². The summed E-state index contributed by atoms with van der Waals surface area (Å²) in [4.78, 5) is -0.957. The second kappa shape index (κ2) is 6.92. The smallest absolute Gasteiger partial charge is 0.207 e. The molecule has 0 aromatic heterocycles. The van der Waals surface area contributed by atoms with E-state index in [4.69, 9.17) is 0 Å². The Morgan fingerprint density at radius 2 is 1.50 bits per heavy atom. The van der Waals surface area contributed by atoms with Crippen molar-refractivity contribution in [2.45, 2.75) is 23.8 Å². The predicted molar refractivity (Wildman–Crippen MR) is 81.5 cm³/mol. The monoisotopic (exact) mass is 397 g/mol. The van der Waals surface area contributed by atoms with Gasteiger partial charge in [-0.25, -0.2) is 8.42 Å². The first-order chi connectivity index (χ1) is 11.8. The van der Waals surface area contributed by atoms with Crippen molar-refractivity contribution in [1.29, 1.82) is 0 Å². The molecule has 10 heteroatoms. The summed E-state index contributed by atoms with van der Waals surface area (Å²) in [5, 5.41) is 0. The maximum Gasteiger partial charge on any atom is 0.417 e. The van der Waals surface area contributed by atoms with Gasteiger partial charge >= 0.3 is 12.4 Å². The number of hydrogen-bond acceptors (Lipinski definition) is 2. The fourth-order valence-corrected chi connectivity index (χ4v) is 3.65. The number of hydrogen-bond donors (Lipinski definition) is 0. The molecular formula is C16H13F6NO2S. The van der Waals surface area contributed by atoms with Crippen LogP contribution in [0.25, 0.3) is 0 Å². The van der Waals surface area contributed by atoms with E-state index in [1.54, 1.807) is 0 Å². The highest BCUT2D eigenvalue weighted by atomic mass is 32.2. The average Bonchev–Trinajstić information content (AvgIpc) is 2.53. The van der Waals surface area contributed by atoms with E-state index in [0.717, 1.165) is 43.4 Å². The summed E-state index contributed by atoms with van der Waals surface area (Å²) in [7, 11) is -3.56.